The van der Waals surface area contributed by atoms with Crippen LogP contribution in [0.25, 0.3) is 0 Å². The lowest BCUT2D eigenvalue weighted by atomic mass is 9.99. The molecule has 1 heterocycles. The van der Waals surface area contributed by atoms with Crippen molar-refractivity contribution in [1.29, 1.82) is 0 Å². The standard InChI is InChI=1S/C13H10O5/c14-8-2-6-1-7-3-9(15)11(17)5-13(7)18-12(6)4-10(8)16/h2-5,14-17H,1H2. The monoisotopic (exact) mass is 246 g/mol. The second-order valence-electron chi connectivity index (χ2n) is 4.18. The summed E-state index contributed by atoms with van der Waals surface area (Å²) in [4.78, 5) is 0. The molecule has 92 valence electrons. The van der Waals surface area contributed by atoms with Crippen molar-refractivity contribution in [2.24, 2.45) is 0 Å². The van der Waals surface area contributed by atoms with Crippen LogP contribution in [0.5, 0.6) is 34.5 Å². The van der Waals surface area contributed by atoms with Crippen LogP contribution in [0.3, 0.4) is 0 Å². The molecule has 0 bridgehead atoms. The van der Waals surface area contributed by atoms with Gasteiger partial charge in [0.15, 0.2) is 23.0 Å². The van der Waals surface area contributed by atoms with E-state index < -0.39 is 0 Å². The number of ether oxygens (including phenoxy) is 1. The Hall–Kier alpha value is -2.56. The average Bonchev–Trinajstić information content (AvgIpc) is 2.31. The van der Waals surface area contributed by atoms with E-state index in [1.54, 1.807) is 0 Å². The molecule has 1 aliphatic heterocycles. The van der Waals surface area contributed by atoms with Crippen molar-refractivity contribution < 1.29 is 25.2 Å². The van der Waals surface area contributed by atoms with Crippen LogP contribution in [0.15, 0.2) is 24.3 Å². The average molecular weight is 246 g/mol. The maximum absolute atomic E-state index is 9.43. The highest BCUT2D eigenvalue weighted by molar-refractivity contribution is 5.59. The predicted octanol–water partition coefficient (Wildman–Crippen LogP) is 2.21. The van der Waals surface area contributed by atoms with Crippen LogP contribution in [0.2, 0.25) is 0 Å². The second kappa shape index (κ2) is 3.46. The third-order valence-electron chi connectivity index (χ3n) is 2.92. The molecule has 0 aliphatic carbocycles. The molecule has 1 aliphatic rings. The molecule has 0 aromatic heterocycles. The maximum Gasteiger partial charge on any atom is 0.161 e. The van der Waals surface area contributed by atoms with Crippen molar-refractivity contribution in [1.82, 2.24) is 0 Å². The minimum atomic E-state index is -0.264. The molecule has 2 aromatic rings. The van der Waals surface area contributed by atoms with Crippen molar-refractivity contribution in [3.05, 3.63) is 35.4 Å². The molecule has 0 spiro atoms. The van der Waals surface area contributed by atoms with Crippen molar-refractivity contribution in [2.45, 2.75) is 6.42 Å². The fourth-order valence-corrected chi connectivity index (χ4v) is 1.99. The van der Waals surface area contributed by atoms with Gasteiger partial charge in [-0.3, -0.25) is 0 Å². The van der Waals surface area contributed by atoms with E-state index in [0.29, 0.717) is 29.0 Å². The Morgan fingerprint density at radius 2 is 1.06 bits per heavy atom. The Morgan fingerprint density at radius 3 is 1.50 bits per heavy atom. The van der Waals surface area contributed by atoms with Gasteiger partial charge in [-0.25, -0.2) is 0 Å². The van der Waals surface area contributed by atoms with E-state index in [-0.39, 0.29) is 23.0 Å². The van der Waals surface area contributed by atoms with Crippen molar-refractivity contribution >= 4 is 0 Å². The van der Waals surface area contributed by atoms with Gasteiger partial charge in [-0.15, -0.1) is 0 Å². The first-order valence-electron chi connectivity index (χ1n) is 5.32. The van der Waals surface area contributed by atoms with E-state index in [2.05, 4.69) is 0 Å². The highest BCUT2D eigenvalue weighted by atomic mass is 16.5. The van der Waals surface area contributed by atoms with E-state index in [4.69, 9.17) is 4.74 Å². The first-order chi connectivity index (χ1) is 8.54. The third-order valence-corrected chi connectivity index (χ3v) is 2.92. The molecule has 0 radical (unpaired) electrons. The van der Waals surface area contributed by atoms with Gasteiger partial charge < -0.3 is 25.2 Å². The molecule has 5 heteroatoms. The molecule has 5 nitrogen and oxygen atoms in total. The molecule has 0 fully saturated rings. The molecular weight excluding hydrogens is 236 g/mol. The summed E-state index contributed by atoms with van der Waals surface area (Å²) < 4.78 is 5.51. The topological polar surface area (TPSA) is 90.2 Å². The van der Waals surface area contributed by atoms with Gasteiger partial charge in [-0.2, -0.15) is 0 Å². The minimum Gasteiger partial charge on any atom is -0.504 e. The summed E-state index contributed by atoms with van der Waals surface area (Å²) in [6.45, 7) is 0. The Labute approximate surface area is 102 Å². The largest absolute Gasteiger partial charge is 0.504 e. The highest BCUT2D eigenvalue weighted by Crippen LogP contribution is 2.44. The molecule has 18 heavy (non-hydrogen) atoms. The molecule has 3 rings (SSSR count). The van der Waals surface area contributed by atoms with Gasteiger partial charge in [0, 0.05) is 29.7 Å². The molecular formula is C13H10O5. The lowest BCUT2D eigenvalue weighted by Gasteiger charge is -2.21. The van der Waals surface area contributed by atoms with Gasteiger partial charge in [0.05, 0.1) is 0 Å². The summed E-state index contributed by atoms with van der Waals surface area (Å²) in [5, 5.41) is 37.7. The normalized spacial score (nSPS) is 12.4. The van der Waals surface area contributed by atoms with Crippen LogP contribution < -0.4 is 4.74 Å². The van der Waals surface area contributed by atoms with Crippen LogP contribution in [-0.2, 0) is 6.42 Å². The number of fused-ring (bicyclic) bond motifs is 2. The van der Waals surface area contributed by atoms with Gasteiger partial charge in [0.25, 0.3) is 0 Å². The van der Waals surface area contributed by atoms with E-state index in [9.17, 15) is 20.4 Å². The van der Waals surface area contributed by atoms with Gasteiger partial charge in [-0.05, 0) is 12.1 Å². The zero-order valence-corrected chi connectivity index (χ0v) is 9.21. The quantitative estimate of drug-likeness (QED) is 0.456. The molecule has 4 N–H and O–H groups in total. The number of hydrogen-bond acceptors (Lipinski definition) is 5. The van der Waals surface area contributed by atoms with Crippen molar-refractivity contribution in [3.8, 4) is 34.5 Å². The predicted molar refractivity (Wildman–Crippen MR) is 62.4 cm³/mol. The molecule has 0 atom stereocenters. The van der Waals surface area contributed by atoms with Crippen LogP contribution in [0.1, 0.15) is 11.1 Å². The number of phenols is 4. The van der Waals surface area contributed by atoms with Gasteiger partial charge in [0.2, 0.25) is 0 Å². The third kappa shape index (κ3) is 1.48. The first-order valence-corrected chi connectivity index (χ1v) is 5.32. The van der Waals surface area contributed by atoms with Gasteiger partial charge in [-0.1, -0.05) is 0 Å². The maximum atomic E-state index is 9.43. The zero-order chi connectivity index (χ0) is 12.9. The summed E-state index contributed by atoms with van der Waals surface area (Å²) >= 11 is 0. The molecule has 0 saturated heterocycles. The Morgan fingerprint density at radius 1 is 0.667 bits per heavy atom. The lowest BCUT2D eigenvalue weighted by molar-refractivity contribution is 0.386. The summed E-state index contributed by atoms with van der Waals surface area (Å²) in [6.07, 6.45) is 0.437. The summed E-state index contributed by atoms with van der Waals surface area (Å²) in [5.41, 5.74) is 1.39. The van der Waals surface area contributed by atoms with Gasteiger partial charge in [0.1, 0.15) is 11.5 Å². The van der Waals surface area contributed by atoms with Crippen molar-refractivity contribution in [3.63, 3.8) is 0 Å². The summed E-state index contributed by atoms with van der Waals surface area (Å²) in [5.74, 6) is -0.126. The fraction of sp³-hybridized carbons (Fsp3) is 0.0769. The fourth-order valence-electron chi connectivity index (χ4n) is 1.99. The van der Waals surface area contributed by atoms with Crippen LogP contribution >= 0.6 is 0 Å². The van der Waals surface area contributed by atoms with E-state index in [1.807, 2.05) is 0 Å². The summed E-state index contributed by atoms with van der Waals surface area (Å²) in [7, 11) is 0. The van der Waals surface area contributed by atoms with Crippen LogP contribution in [-0.4, -0.2) is 20.4 Å². The Bertz CT molecular complexity index is 537. The lowest BCUT2D eigenvalue weighted by Crippen LogP contribution is -2.02. The van der Waals surface area contributed by atoms with E-state index >= 15 is 0 Å². The number of rotatable bonds is 0. The highest BCUT2D eigenvalue weighted by Gasteiger charge is 2.21. The number of benzene rings is 2. The zero-order valence-electron chi connectivity index (χ0n) is 9.21. The van der Waals surface area contributed by atoms with Gasteiger partial charge >= 0.3 is 0 Å². The molecule has 2 aromatic carbocycles. The van der Waals surface area contributed by atoms with Crippen LogP contribution in [0, 0.1) is 0 Å². The number of phenolic OH excluding ortho intramolecular Hbond substituents is 4. The minimum absolute atomic E-state index is 0.219. The van der Waals surface area contributed by atoms with Crippen LogP contribution in [0.4, 0.5) is 0 Å². The second-order valence-corrected chi connectivity index (χ2v) is 4.18. The Balaban J connectivity index is 2.12. The molecule has 0 unspecified atom stereocenters. The first kappa shape index (κ1) is 10.6. The smallest absolute Gasteiger partial charge is 0.161 e. The molecule has 0 amide bonds. The van der Waals surface area contributed by atoms with E-state index in [0.717, 1.165) is 0 Å². The van der Waals surface area contributed by atoms with Crippen molar-refractivity contribution in [2.75, 3.05) is 0 Å². The SMILES string of the molecule is Oc1cc2c(cc1O)Oc1cc(O)c(O)cc1C2. The molecule has 0 saturated carbocycles. The number of hydrogen-bond donors (Lipinski definition) is 4. The Kier molecular flexibility index (Phi) is 2.04. The summed E-state index contributed by atoms with van der Waals surface area (Å²) in [6, 6.07) is 5.46. The van der Waals surface area contributed by atoms with E-state index in [1.165, 1.54) is 24.3 Å². The number of aromatic hydroxyl groups is 4.